The molecule has 1 atom stereocenters. The number of aromatic nitrogens is 1. The van der Waals surface area contributed by atoms with E-state index in [9.17, 15) is 4.79 Å². The molecule has 1 aliphatic rings. The fourth-order valence-corrected chi connectivity index (χ4v) is 2.75. The Labute approximate surface area is 116 Å². The number of anilines is 1. The lowest BCUT2D eigenvalue weighted by Crippen LogP contribution is -2.33. The van der Waals surface area contributed by atoms with Gasteiger partial charge in [0, 0.05) is 18.3 Å². The first-order valence-corrected chi connectivity index (χ1v) is 6.49. The molecule has 0 saturated heterocycles. The summed E-state index contributed by atoms with van der Waals surface area (Å²) in [5.74, 6) is -0.0266. The van der Waals surface area contributed by atoms with Gasteiger partial charge in [0.25, 0.3) is 0 Å². The highest BCUT2D eigenvalue weighted by Crippen LogP contribution is 2.43. The third-order valence-corrected chi connectivity index (χ3v) is 3.92. The molecule has 0 aliphatic carbocycles. The zero-order valence-electron chi connectivity index (χ0n) is 10.5. The second kappa shape index (κ2) is 4.35. The number of nitrogens with one attached hydrogen (secondary N) is 1. The molecule has 1 amide bonds. The van der Waals surface area contributed by atoms with E-state index < -0.39 is 5.41 Å². The standard InChI is InChI=1S/C15H13ClN2O/c1-15(9-10-5-2-3-8-17-10)11-6-4-7-12(16)13(11)18-14(15)19/h2-8H,9H2,1H3,(H,18,19). The number of hydrogen-bond acceptors (Lipinski definition) is 2. The van der Waals surface area contributed by atoms with E-state index in [2.05, 4.69) is 10.3 Å². The van der Waals surface area contributed by atoms with Crippen molar-refractivity contribution in [3.8, 4) is 0 Å². The van der Waals surface area contributed by atoms with Crippen LogP contribution in [0.1, 0.15) is 18.2 Å². The Morgan fingerprint density at radius 1 is 1.26 bits per heavy atom. The summed E-state index contributed by atoms with van der Waals surface area (Å²) in [6.07, 6.45) is 2.30. The highest BCUT2D eigenvalue weighted by Gasteiger charge is 2.43. The molecule has 3 nitrogen and oxygen atoms in total. The molecule has 0 bridgehead atoms. The maximum absolute atomic E-state index is 12.3. The molecule has 96 valence electrons. The Morgan fingerprint density at radius 2 is 2.11 bits per heavy atom. The Balaban J connectivity index is 2.05. The molecule has 4 heteroatoms. The number of amides is 1. The van der Waals surface area contributed by atoms with Crippen LogP contribution in [0.4, 0.5) is 5.69 Å². The largest absolute Gasteiger partial charge is 0.324 e. The van der Waals surface area contributed by atoms with E-state index in [1.807, 2.05) is 37.3 Å². The molecule has 0 spiro atoms. The van der Waals surface area contributed by atoms with Gasteiger partial charge in [-0.3, -0.25) is 9.78 Å². The van der Waals surface area contributed by atoms with E-state index in [0.29, 0.717) is 11.4 Å². The number of benzene rings is 1. The normalized spacial score (nSPS) is 21.1. The van der Waals surface area contributed by atoms with Crippen molar-refractivity contribution in [2.45, 2.75) is 18.8 Å². The van der Waals surface area contributed by atoms with Crippen molar-refractivity contribution in [2.24, 2.45) is 0 Å². The summed E-state index contributed by atoms with van der Waals surface area (Å²) in [4.78, 5) is 16.6. The van der Waals surface area contributed by atoms with Gasteiger partial charge in [-0.05, 0) is 30.7 Å². The maximum atomic E-state index is 12.3. The van der Waals surface area contributed by atoms with Crippen LogP contribution in [-0.2, 0) is 16.6 Å². The highest BCUT2D eigenvalue weighted by atomic mass is 35.5. The minimum atomic E-state index is -0.616. The van der Waals surface area contributed by atoms with Crippen LogP contribution in [0.2, 0.25) is 5.02 Å². The Hall–Kier alpha value is -1.87. The Kier molecular flexibility index (Phi) is 2.79. The lowest BCUT2D eigenvalue weighted by molar-refractivity contribution is -0.120. The lowest BCUT2D eigenvalue weighted by atomic mass is 9.79. The van der Waals surface area contributed by atoms with Crippen LogP contribution in [0.25, 0.3) is 0 Å². The van der Waals surface area contributed by atoms with Crippen molar-refractivity contribution in [1.82, 2.24) is 4.98 Å². The minimum Gasteiger partial charge on any atom is -0.324 e. The summed E-state index contributed by atoms with van der Waals surface area (Å²) in [7, 11) is 0. The van der Waals surface area contributed by atoms with E-state index in [1.54, 1.807) is 12.3 Å². The van der Waals surface area contributed by atoms with Gasteiger partial charge >= 0.3 is 0 Å². The molecule has 0 fully saturated rings. The van der Waals surface area contributed by atoms with Gasteiger partial charge in [0.2, 0.25) is 5.91 Å². The monoisotopic (exact) mass is 272 g/mol. The Bertz CT molecular complexity index is 642. The molecule has 19 heavy (non-hydrogen) atoms. The van der Waals surface area contributed by atoms with Gasteiger partial charge in [-0.15, -0.1) is 0 Å². The van der Waals surface area contributed by atoms with Crippen molar-refractivity contribution in [3.05, 3.63) is 58.9 Å². The molecule has 1 aliphatic heterocycles. The van der Waals surface area contributed by atoms with Crippen LogP contribution < -0.4 is 5.32 Å². The van der Waals surface area contributed by atoms with Crippen LogP contribution in [0.15, 0.2) is 42.6 Å². The zero-order chi connectivity index (χ0) is 13.5. The van der Waals surface area contributed by atoms with Gasteiger partial charge in [-0.25, -0.2) is 0 Å². The average molecular weight is 273 g/mol. The van der Waals surface area contributed by atoms with Gasteiger partial charge < -0.3 is 5.32 Å². The second-order valence-corrected chi connectivity index (χ2v) is 5.35. The SMILES string of the molecule is CC1(Cc2ccccn2)C(=O)Nc2c(Cl)cccc21. The van der Waals surface area contributed by atoms with Crippen LogP contribution in [-0.4, -0.2) is 10.9 Å². The topological polar surface area (TPSA) is 42.0 Å². The number of pyridine rings is 1. The molecule has 1 aromatic heterocycles. The summed E-state index contributed by atoms with van der Waals surface area (Å²) >= 11 is 6.13. The number of rotatable bonds is 2. The van der Waals surface area contributed by atoms with Crippen LogP contribution in [0.3, 0.4) is 0 Å². The summed E-state index contributed by atoms with van der Waals surface area (Å²) < 4.78 is 0. The number of carbonyl (C=O) groups excluding carboxylic acids is 1. The smallest absolute Gasteiger partial charge is 0.235 e. The van der Waals surface area contributed by atoms with Crippen molar-refractivity contribution >= 4 is 23.2 Å². The van der Waals surface area contributed by atoms with Crippen molar-refractivity contribution in [3.63, 3.8) is 0 Å². The van der Waals surface area contributed by atoms with E-state index >= 15 is 0 Å². The van der Waals surface area contributed by atoms with Gasteiger partial charge in [-0.2, -0.15) is 0 Å². The van der Waals surface area contributed by atoms with Crippen LogP contribution in [0, 0.1) is 0 Å². The molecular weight excluding hydrogens is 260 g/mol. The quantitative estimate of drug-likeness (QED) is 0.912. The summed E-state index contributed by atoms with van der Waals surface area (Å²) in [5.41, 5.74) is 1.95. The number of nitrogens with zero attached hydrogens (tertiary/aromatic N) is 1. The van der Waals surface area contributed by atoms with Gasteiger partial charge in [-0.1, -0.05) is 29.8 Å². The number of carbonyl (C=O) groups is 1. The molecule has 1 aromatic carbocycles. The van der Waals surface area contributed by atoms with Crippen LogP contribution >= 0.6 is 11.6 Å². The molecule has 2 aromatic rings. The van der Waals surface area contributed by atoms with Crippen molar-refractivity contribution in [1.29, 1.82) is 0 Å². The molecule has 0 radical (unpaired) electrons. The molecule has 2 heterocycles. The zero-order valence-corrected chi connectivity index (χ0v) is 11.2. The number of hydrogen-bond donors (Lipinski definition) is 1. The highest BCUT2D eigenvalue weighted by molar-refractivity contribution is 6.34. The number of halogens is 1. The maximum Gasteiger partial charge on any atom is 0.235 e. The lowest BCUT2D eigenvalue weighted by Gasteiger charge is -2.21. The molecule has 0 saturated carbocycles. The summed E-state index contributed by atoms with van der Waals surface area (Å²) in [6.45, 7) is 1.93. The third-order valence-electron chi connectivity index (χ3n) is 3.61. The summed E-state index contributed by atoms with van der Waals surface area (Å²) in [6, 6.07) is 11.3. The number of para-hydroxylation sites is 1. The third kappa shape index (κ3) is 1.90. The number of fused-ring (bicyclic) bond motifs is 1. The van der Waals surface area contributed by atoms with Gasteiger partial charge in [0.15, 0.2) is 0 Å². The fraction of sp³-hybridized carbons (Fsp3) is 0.200. The first-order chi connectivity index (χ1) is 9.11. The second-order valence-electron chi connectivity index (χ2n) is 4.95. The first-order valence-electron chi connectivity index (χ1n) is 6.11. The van der Waals surface area contributed by atoms with E-state index in [0.717, 1.165) is 16.9 Å². The van der Waals surface area contributed by atoms with Gasteiger partial charge in [0.05, 0.1) is 16.1 Å². The molecular formula is C15H13ClN2O. The molecule has 1 N–H and O–H groups in total. The van der Waals surface area contributed by atoms with E-state index in [1.165, 1.54) is 0 Å². The predicted molar refractivity (Wildman–Crippen MR) is 75.4 cm³/mol. The predicted octanol–water partition coefficient (Wildman–Crippen LogP) is 3.19. The first kappa shape index (κ1) is 12.2. The van der Waals surface area contributed by atoms with Crippen molar-refractivity contribution in [2.75, 3.05) is 5.32 Å². The van der Waals surface area contributed by atoms with Crippen LogP contribution in [0.5, 0.6) is 0 Å². The fourth-order valence-electron chi connectivity index (χ4n) is 2.53. The minimum absolute atomic E-state index is 0.0266. The molecule has 3 rings (SSSR count). The van der Waals surface area contributed by atoms with E-state index in [-0.39, 0.29) is 5.91 Å². The van der Waals surface area contributed by atoms with Gasteiger partial charge in [0.1, 0.15) is 0 Å². The molecule has 1 unspecified atom stereocenters. The Morgan fingerprint density at radius 3 is 2.84 bits per heavy atom. The average Bonchev–Trinajstić information content (AvgIpc) is 2.65. The van der Waals surface area contributed by atoms with E-state index in [4.69, 9.17) is 11.6 Å². The van der Waals surface area contributed by atoms with Crippen molar-refractivity contribution < 1.29 is 4.79 Å². The summed E-state index contributed by atoms with van der Waals surface area (Å²) in [5, 5.41) is 3.46.